The Labute approximate surface area is 128 Å². The summed E-state index contributed by atoms with van der Waals surface area (Å²) in [7, 11) is 0. The third-order valence-corrected chi connectivity index (χ3v) is 4.34. The molecule has 1 aliphatic heterocycles. The molecule has 2 N–H and O–H groups in total. The van der Waals surface area contributed by atoms with Gasteiger partial charge in [0.1, 0.15) is 0 Å². The van der Waals surface area contributed by atoms with E-state index in [2.05, 4.69) is 81.5 Å². The van der Waals surface area contributed by atoms with E-state index in [0.29, 0.717) is 0 Å². The van der Waals surface area contributed by atoms with Crippen LogP contribution in [0.3, 0.4) is 0 Å². The first-order valence-electron chi connectivity index (χ1n) is 7.59. The van der Waals surface area contributed by atoms with E-state index in [-0.39, 0.29) is 12.4 Å². The lowest BCUT2D eigenvalue weighted by Gasteiger charge is -2.19. The van der Waals surface area contributed by atoms with Gasteiger partial charge in [0.15, 0.2) is 0 Å². The SMILES string of the molecule is Cc1cc2c(cc1C)NB(c1ccc(C(C)(C)C)cc1)N2. The van der Waals surface area contributed by atoms with Crippen LogP contribution in [0.2, 0.25) is 0 Å². The molecule has 0 saturated heterocycles. The van der Waals surface area contributed by atoms with E-state index in [1.165, 1.54) is 33.5 Å². The fraction of sp³-hybridized carbons (Fsp3) is 0.333. The van der Waals surface area contributed by atoms with Crippen LogP contribution in [0.15, 0.2) is 36.4 Å². The molecule has 0 fully saturated rings. The molecule has 0 atom stereocenters. The Morgan fingerprint density at radius 2 is 1.29 bits per heavy atom. The summed E-state index contributed by atoms with van der Waals surface area (Å²) in [5.74, 6) is 0. The van der Waals surface area contributed by atoms with Crippen LogP contribution in [-0.2, 0) is 5.41 Å². The lowest BCUT2D eigenvalue weighted by atomic mass is 9.68. The van der Waals surface area contributed by atoms with E-state index in [0.717, 1.165) is 0 Å². The van der Waals surface area contributed by atoms with Gasteiger partial charge in [-0.15, -0.1) is 0 Å². The second-order valence-electron chi connectivity index (χ2n) is 7.08. The Hall–Kier alpha value is -1.90. The number of hydrogen-bond donors (Lipinski definition) is 2. The fourth-order valence-corrected chi connectivity index (χ4v) is 2.74. The maximum atomic E-state index is 3.57. The Morgan fingerprint density at radius 1 is 0.810 bits per heavy atom. The average molecular weight is 278 g/mol. The largest absolute Gasteiger partial charge is 0.406 e. The minimum Gasteiger partial charge on any atom is -0.404 e. The molecule has 3 rings (SSSR count). The smallest absolute Gasteiger partial charge is 0.404 e. The molecule has 2 aromatic rings. The molecular formula is C18H23BN2. The lowest BCUT2D eigenvalue weighted by molar-refractivity contribution is 0.590. The van der Waals surface area contributed by atoms with Crippen molar-refractivity contribution in [1.82, 2.24) is 0 Å². The lowest BCUT2D eigenvalue weighted by Crippen LogP contribution is -2.42. The quantitative estimate of drug-likeness (QED) is 0.775. The van der Waals surface area contributed by atoms with Crippen molar-refractivity contribution in [2.75, 3.05) is 10.5 Å². The number of rotatable bonds is 1. The number of benzene rings is 2. The molecule has 0 radical (unpaired) electrons. The Morgan fingerprint density at radius 3 is 1.71 bits per heavy atom. The van der Waals surface area contributed by atoms with Crippen LogP contribution in [0.25, 0.3) is 0 Å². The zero-order chi connectivity index (χ0) is 15.2. The molecule has 2 nitrogen and oxygen atoms in total. The summed E-state index contributed by atoms with van der Waals surface area (Å²) in [5.41, 5.74) is 7.89. The summed E-state index contributed by atoms with van der Waals surface area (Å²) < 4.78 is 0. The molecule has 0 aromatic heterocycles. The number of nitrogens with one attached hydrogen (secondary N) is 2. The topological polar surface area (TPSA) is 24.1 Å². The summed E-state index contributed by atoms with van der Waals surface area (Å²) in [4.78, 5) is 0. The normalized spacial score (nSPS) is 13.7. The van der Waals surface area contributed by atoms with Gasteiger partial charge in [-0.1, -0.05) is 45.0 Å². The Kier molecular flexibility index (Phi) is 3.24. The average Bonchev–Trinajstić information content (AvgIpc) is 2.81. The van der Waals surface area contributed by atoms with Crippen LogP contribution < -0.4 is 15.9 Å². The van der Waals surface area contributed by atoms with Crippen LogP contribution in [-0.4, -0.2) is 6.98 Å². The van der Waals surface area contributed by atoms with Crippen molar-refractivity contribution < 1.29 is 0 Å². The van der Waals surface area contributed by atoms with Gasteiger partial charge in [0.2, 0.25) is 0 Å². The second-order valence-corrected chi connectivity index (χ2v) is 7.08. The summed E-state index contributed by atoms with van der Waals surface area (Å²) in [6.45, 7) is 11.2. The third kappa shape index (κ3) is 2.65. The summed E-state index contributed by atoms with van der Waals surface area (Å²) in [6.07, 6.45) is 0. The maximum absolute atomic E-state index is 3.57. The number of hydrogen-bond acceptors (Lipinski definition) is 2. The Bertz CT molecular complexity index is 638. The van der Waals surface area contributed by atoms with E-state index >= 15 is 0 Å². The van der Waals surface area contributed by atoms with Gasteiger partial charge in [-0.05, 0) is 53.5 Å². The minimum atomic E-state index is 0.162. The highest BCUT2D eigenvalue weighted by atomic mass is 15.0. The van der Waals surface area contributed by atoms with Crippen molar-refractivity contribution in [1.29, 1.82) is 0 Å². The first kappa shape index (κ1) is 14.1. The second kappa shape index (κ2) is 4.83. The van der Waals surface area contributed by atoms with Crippen molar-refractivity contribution in [2.45, 2.75) is 40.0 Å². The van der Waals surface area contributed by atoms with Gasteiger partial charge >= 0.3 is 6.98 Å². The molecule has 108 valence electrons. The highest BCUT2D eigenvalue weighted by Crippen LogP contribution is 2.30. The summed E-state index contributed by atoms with van der Waals surface area (Å²) >= 11 is 0. The zero-order valence-electron chi connectivity index (χ0n) is 13.5. The van der Waals surface area contributed by atoms with Crippen molar-refractivity contribution in [3.8, 4) is 0 Å². The van der Waals surface area contributed by atoms with Crippen molar-refractivity contribution in [3.63, 3.8) is 0 Å². The maximum Gasteiger partial charge on any atom is 0.406 e. The van der Waals surface area contributed by atoms with Gasteiger partial charge in [-0.3, -0.25) is 0 Å². The van der Waals surface area contributed by atoms with Crippen molar-refractivity contribution >= 4 is 23.8 Å². The highest BCUT2D eigenvalue weighted by Gasteiger charge is 2.27. The summed E-state index contributed by atoms with van der Waals surface area (Å²) in [6, 6.07) is 13.4. The van der Waals surface area contributed by atoms with E-state index < -0.39 is 0 Å². The fourth-order valence-electron chi connectivity index (χ4n) is 2.74. The van der Waals surface area contributed by atoms with Gasteiger partial charge in [0.05, 0.1) is 0 Å². The van der Waals surface area contributed by atoms with Gasteiger partial charge in [-0.2, -0.15) is 0 Å². The standard InChI is InChI=1S/C18H23BN2/c1-12-10-16-17(11-13(12)2)21-19(20-16)15-8-6-14(7-9-15)18(3,4)5/h6-11,20-21H,1-5H3. The molecule has 0 unspecified atom stereocenters. The van der Waals surface area contributed by atoms with E-state index in [1.54, 1.807) is 0 Å². The van der Waals surface area contributed by atoms with Gasteiger partial charge in [0.25, 0.3) is 0 Å². The van der Waals surface area contributed by atoms with E-state index in [1.807, 2.05) is 0 Å². The molecule has 1 heterocycles. The predicted octanol–water partition coefficient (Wildman–Crippen LogP) is 3.83. The molecule has 2 aromatic carbocycles. The highest BCUT2D eigenvalue weighted by molar-refractivity contribution is 6.80. The first-order valence-corrected chi connectivity index (χ1v) is 7.59. The molecule has 0 aliphatic carbocycles. The first-order chi connectivity index (χ1) is 9.84. The van der Waals surface area contributed by atoms with E-state index in [4.69, 9.17) is 0 Å². The number of anilines is 2. The molecule has 21 heavy (non-hydrogen) atoms. The predicted molar refractivity (Wildman–Crippen MR) is 93.7 cm³/mol. The van der Waals surface area contributed by atoms with Crippen LogP contribution in [0.5, 0.6) is 0 Å². The number of aryl methyl sites for hydroxylation is 2. The Balaban J connectivity index is 1.84. The van der Waals surface area contributed by atoms with Crippen LogP contribution in [0.1, 0.15) is 37.5 Å². The molecule has 1 aliphatic rings. The number of fused-ring (bicyclic) bond motifs is 1. The molecular weight excluding hydrogens is 255 g/mol. The van der Waals surface area contributed by atoms with Crippen molar-refractivity contribution in [2.24, 2.45) is 0 Å². The van der Waals surface area contributed by atoms with Gasteiger partial charge in [-0.25, -0.2) is 0 Å². The minimum absolute atomic E-state index is 0.162. The molecule has 0 amide bonds. The van der Waals surface area contributed by atoms with Gasteiger partial charge in [0, 0.05) is 11.4 Å². The molecule has 3 heteroatoms. The summed E-state index contributed by atoms with van der Waals surface area (Å²) in [5, 5.41) is 7.13. The van der Waals surface area contributed by atoms with Crippen LogP contribution in [0.4, 0.5) is 11.4 Å². The van der Waals surface area contributed by atoms with Crippen LogP contribution >= 0.6 is 0 Å². The molecule has 0 bridgehead atoms. The van der Waals surface area contributed by atoms with E-state index in [9.17, 15) is 0 Å². The monoisotopic (exact) mass is 278 g/mol. The van der Waals surface area contributed by atoms with Crippen LogP contribution in [0, 0.1) is 13.8 Å². The molecule has 0 spiro atoms. The van der Waals surface area contributed by atoms with Crippen molar-refractivity contribution in [3.05, 3.63) is 53.1 Å². The third-order valence-electron chi connectivity index (χ3n) is 4.34. The zero-order valence-corrected chi connectivity index (χ0v) is 13.5. The molecule has 0 saturated carbocycles. The van der Waals surface area contributed by atoms with Gasteiger partial charge < -0.3 is 10.5 Å².